The van der Waals surface area contributed by atoms with Crippen molar-refractivity contribution in [2.24, 2.45) is 0 Å². The first kappa shape index (κ1) is 13.1. The number of nitrogens with one attached hydrogen (secondary N) is 1. The quantitative estimate of drug-likeness (QED) is 0.862. The highest BCUT2D eigenvalue weighted by atomic mass is 32.1. The van der Waals surface area contributed by atoms with E-state index < -0.39 is 0 Å². The van der Waals surface area contributed by atoms with Crippen molar-refractivity contribution < 1.29 is 9.13 Å². The molecule has 96 valence electrons. The maximum Gasteiger partial charge on any atom is 0.176 e. The van der Waals surface area contributed by atoms with E-state index in [1.165, 1.54) is 23.0 Å². The molecule has 0 atom stereocenters. The Balaban J connectivity index is 1.79. The van der Waals surface area contributed by atoms with Crippen LogP contribution in [0, 0.1) is 5.13 Å². The Morgan fingerprint density at radius 1 is 1.11 bits per heavy atom. The number of rotatable bonds is 6. The van der Waals surface area contributed by atoms with Crippen molar-refractivity contribution in [1.82, 2.24) is 5.32 Å². The van der Waals surface area contributed by atoms with Crippen molar-refractivity contribution in [2.45, 2.75) is 20.0 Å². The Kier molecular flexibility index (Phi) is 4.73. The summed E-state index contributed by atoms with van der Waals surface area (Å²) in [5.74, 6) is 0.890. The molecule has 0 fully saturated rings. The van der Waals surface area contributed by atoms with Gasteiger partial charge in [0.15, 0.2) is 5.13 Å². The van der Waals surface area contributed by atoms with Crippen molar-refractivity contribution in [2.75, 3.05) is 6.61 Å². The van der Waals surface area contributed by atoms with Gasteiger partial charge in [-0.25, -0.2) is 0 Å². The van der Waals surface area contributed by atoms with Gasteiger partial charge >= 0.3 is 0 Å². The van der Waals surface area contributed by atoms with Gasteiger partial charge in [0.05, 0.1) is 6.61 Å². The van der Waals surface area contributed by atoms with E-state index in [2.05, 4.69) is 5.32 Å². The van der Waals surface area contributed by atoms with Gasteiger partial charge in [-0.1, -0.05) is 12.1 Å². The largest absolute Gasteiger partial charge is 0.494 e. The van der Waals surface area contributed by atoms with Crippen LogP contribution in [-0.2, 0) is 13.1 Å². The minimum atomic E-state index is -0.132. The Labute approximate surface area is 110 Å². The fourth-order valence-corrected chi connectivity index (χ4v) is 2.34. The number of ether oxygens (including phenoxy) is 1. The number of halogens is 1. The molecular formula is C14H16FNOS. The SMILES string of the molecule is CCOc1ccc(CNCc2ccc(F)s2)cc1. The molecule has 1 N–H and O–H groups in total. The van der Waals surface area contributed by atoms with Gasteiger partial charge in [0.25, 0.3) is 0 Å². The molecule has 1 aromatic carbocycles. The van der Waals surface area contributed by atoms with Crippen LogP contribution in [0.15, 0.2) is 36.4 Å². The zero-order valence-electron chi connectivity index (χ0n) is 10.3. The number of hydrogen-bond donors (Lipinski definition) is 1. The molecule has 4 heteroatoms. The molecule has 0 aliphatic rings. The molecule has 0 saturated heterocycles. The molecule has 0 spiro atoms. The van der Waals surface area contributed by atoms with Crippen LogP contribution in [-0.4, -0.2) is 6.61 Å². The predicted octanol–water partition coefficient (Wildman–Crippen LogP) is 3.58. The summed E-state index contributed by atoms with van der Waals surface area (Å²) in [6.07, 6.45) is 0. The zero-order valence-corrected chi connectivity index (χ0v) is 11.1. The van der Waals surface area contributed by atoms with Gasteiger partial charge in [-0.2, -0.15) is 4.39 Å². The molecule has 2 rings (SSSR count). The first-order valence-electron chi connectivity index (χ1n) is 5.94. The van der Waals surface area contributed by atoms with Gasteiger partial charge in [0.2, 0.25) is 0 Å². The second-order valence-corrected chi connectivity index (χ2v) is 5.00. The van der Waals surface area contributed by atoms with E-state index in [9.17, 15) is 4.39 Å². The molecule has 0 saturated carbocycles. The van der Waals surface area contributed by atoms with Crippen LogP contribution >= 0.6 is 11.3 Å². The average molecular weight is 265 g/mol. The summed E-state index contributed by atoms with van der Waals surface area (Å²) >= 11 is 1.18. The standard InChI is InChI=1S/C14H16FNOS/c1-2-17-12-5-3-11(4-6-12)9-16-10-13-7-8-14(15)18-13/h3-8,16H,2,9-10H2,1H3. The molecule has 0 amide bonds. The fourth-order valence-electron chi connectivity index (χ4n) is 1.65. The van der Waals surface area contributed by atoms with E-state index in [1.807, 2.05) is 37.3 Å². The van der Waals surface area contributed by atoms with Crippen LogP contribution < -0.4 is 10.1 Å². The van der Waals surface area contributed by atoms with Crippen LogP contribution in [0.3, 0.4) is 0 Å². The second kappa shape index (κ2) is 6.52. The molecule has 2 aromatic rings. The van der Waals surface area contributed by atoms with Gasteiger partial charge in [0.1, 0.15) is 5.75 Å². The Morgan fingerprint density at radius 3 is 2.50 bits per heavy atom. The van der Waals surface area contributed by atoms with E-state index in [1.54, 1.807) is 0 Å². The Hall–Kier alpha value is -1.39. The minimum absolute atomic E-state index is 0.132. The summed E-state index contributed by atoms with van der Waals surface area (Å²) in [6, 6.07) is 11.3. The third kappa shape index (κ3) is 3.82. The molecule has 1 aromatic heterocycles. The van der Waals surface area contributed by atoms with Gasteiger partial charge in [-0.3, -0.25) is 0 Å². The second-order valence-electron chi connectivity index (χ2n) is 3.89. The van der Waals surface area contributed by atoms with E-state index in [0.717, 1.165) is 17.2 Å². The third-order valence-corrected chi connectivity index (χ3v) is 3.37. The van der Waals surface area contributed by atoms with Crippen LogP contribution in [0.5, 0.6) is 5.75 Å². The highest BCUT2D eigenvalue weighted by Gasteiger charge is 1.99. The van der Waals surface area contributed by atoms with E-state index in [0.29, 0.717) is 13.2 Å². The molecule has 2 nitrogen and oxygen atoms in total. The lowest BCUT2D eigenvalue weighted by atomic mass is 10.2. The highest BCUT2D eigenvalue weighted by molar-refractivity contribution is 7.10. The number of benzene rings is 1. The molecule has 0 bridgehead atoms. The van der Waals surface area contributed by atoms with Crippen LogP contribution in [0.25, 0.3) is 0 Å². The maximum atomic E-state index is 12.8. The van der Waals surface area contributed by atoms with Crippen molar-refractivity contribution in [1.29, 1.82) is 0 Å². The molecule has 1 heterocycles. The normalized spacial score (nSPS) is 10.6. The van der Waals surface area contributed by atoms with Crippen molar-refractivity contribution in [3.63, 3.8) is 0 Å². The smallest absolute Gasteiger partial charge is 0.176 e. The third-order valence-electron chi connectivity index (χ3n) is 2.49. The molecule has 0 radical (unpaired) electrons. The monoisotopic (exact) mass is 265 g/mol. The van der Waals surface area contributed by atoms with Crippen molar-refractivity contribution in [3.05, 3.63) is 52.0 Å². The lowest BCUT2D eigenvalue weighted by Crippen LogP contribution is -2.11. The zero-order chi connectivity index (χ0) is 12.8. The molecule has 18 heavy (non-hydrogen) atoms. The van der Waals surface area contributed by atoms with Crippen LogP contribution in [0.2, 0.25) is 0 Å². The van der Waals surface area contributed by atoms with Crippen molar-refractivity contribution in [3.8, 4) is 5.75 Å². The highest BCUT2D eigenvalue weighted by Crippen LogP contribution is 2.15. The van der Waals surface area contributed by atoms with Crippen LogP contribution in [0.4, 0.5) is 4.39 Å². The van der Waals surface area contributed by atoms with Gasteiger partial charge in [0, 0.05) is 18.0 Å². The summed E-state index contributed by atoms with van der Waals surface area (Å²) in [7, 11) is 0. The first-order valence-corrected chi connectivity index (χ1v) is 6.76. The van der Waals surface area contributed by atoms with Gasteiger partial charge in [-0.05, 0) is 36.8 Å². The lowest BCUT2D eigenvalue weighted by Gasteiger charge is -2.06. The lowest BCUT2D eigenvalue weighted by molar-refractivity contribution is 0.340. The molecular weight excluding hydrogens is 249 g/mol. The van der Waals surface area contributed by atoms with Gasteiger partial charge in [-0.15, -0.1) is 11.3 Å². The molecule has 0 aliphatic heterocycles. The summed E-state index contributed by atoms with van der Waals surface area (Å²) in [4.78, 5) is 1.01. The predicted molar refractivity (Wildman–Crippen MR) is 72.4 cm³/mol. The molecule has 0 aliphatic carbocycles. The maximum absolute atomic E-state index is 12.8. The van der Waals surface area contributed by atoms with Crippen LogP contribution in [0.1, 0.15) is 17.4 Å². The summed E-state index contributed by atoms with van der Waals surface area (Å²) < 4.78 is 18.1. The first-order chi connectivity index (χ1) is 8.78. The topological polar surface area (TPSA) is 21.3 Å². The Morgan fingerprint density at radius 2 is 1.89 bits per heavy atom. The van der Waals surface area contributed by atoms with E-state index >= 15 is 0 Å². The summed E-state index contributed by atoms with van der Waals surface area (Å²) in [6.45, 7) is 4.12. The van der Waals surface area contributed by atoms with Crippen molar-refractivity contribution >= 4 is 11.3 Å². The summed E-state index contributed by atoms with van der Waals surface area (Å²) in [5, 5.41) is 3.15. The number of hydrogen-bond acceptors (Lipinski definition) is 3. The van der Waals surface area contributed by atoms with E-state index in [4.69, 9.17) is 4.74 Å². The minimum Gasteiger partial charge on any atom is -0.494 e. The Bertz CT molecular complexity index is 481. The summed E-state index contributed by atoms with van der Waals surface area (Å²) in [5.41, 5.74) is 1.19. The fraction of sp³-hybridized carbons (Fsp3) is 0.286. The van der Waals surface area contributed by atoms with Gasteiger partial charge < -0.3 is 10.1 Å². The molecule has 0 unspecified atom stereocenters. The van der Waals surface area contributed by atoms with E-state index in [-0.39, 0.29) is 5.13 Å². The average Bonchev–Trinajstić information content (AvgIpc) is 2.78. The number of thiophene rings is 1.